The van der Waals surface area contributed by atoms with Gasteiger partial charge in [-0.05, 0) is 37.5 Å². The molecule has 0 bridgehead atoms. The van der Waals surface area contributed by atoms with Gasteiger partial charge in [0.05, 0.1) is 12.7 Å². The number of methoxy groups -OCH3 is 1. The van der Waals surface area contributed by atoms with Crippen molar-refractivity contribution < 1.29 is 23.8 Å². The fourth-order valence-corrected chi connectivity index (χ4v) is 2.91. The largest absolute Gasteiger partial charge is 0.509 e. The predicted octanol–water partition coefficient (Wildman–Crippen LogP) is 3.72. The van der Waals surface area contributed by atoms with E-state index in [9.17, 15) is 9.59 Å². The zero-order chi connectivity index (χ0) is 16.9. The first-order valence-electron chi connectivity index (χ1n) is 7.90. The highest BCUT2D eigenvalue weighted by Crippen LogP contribution is 2.35. The molecular weight excluding hydrogens is 284 g/mol. The van der Waals surface area contributed by atoms with E-state index >= 15 is 0 Å². The lowest BCUT2D eigenvalue weighted by molar-refractivity contribution is -0.137. The smallest absolute Gasteiger partial charge is 0.466 e. The Morgan fingerprint density at radius 1 is 1.18 bits per heavy atom. The van der Waals surface area contributed by atoms with Crippen LogP contribution in [0.2, 0.25) is 0 Å². The van der Waals surface area contributed by atoms with Crippen LogP contribution in [0.4, 0.5) is 4.79 Å². The Morgan fingerprint density at radius 2 is 1.82 bits per heavy atom. The molecule has 1 rings (SSSR count). The van der Waals surface area contributed by atoms with Crippen LogP contribution in [-0.4, -0.2) is 31.4 Å². The van der Waals surface area contributed by atoms with E-state index in [2.05, 4.69) is 32.1 Å². The Bertz CT molecular complexity index is 415. The number of esters is 1. The van der Waals surface area contributed by atoms with E-state index in [1.165, 1.54) is 7.11 Å². The highest BCUT2D eigenvalue weighted by atomic mass is 16.7. The van der Waals surface area contributed by atoms with Crippen molar-refractivity contribution in [3.05, 3.63) is 12.2 Å². The fraction of sp³-hybridized carbons (Fsp3) is 0.765. The molecule has 0 aliphatic heterocycles. The lowest BCUT2D eigenvalue weighted by atomic mass is 9.75. The number of hydrogen-bond donors (Lipinski definition) is 0. The molecule has 0 radical (unpaired) electrons. The van der Waals surface area contributed by atoms with E-state index in [1.807, 2.05) is 0 Å². The molecule has 5 heteroatoms. The number of carbonyl (C=O) groups excluding carboxylic acids is 2. The highest BCUT2D eigenvalue weighted by Gasteiger charge is 2.34. The first-order chi connectivity index (χ1) is 10.3. The lowest BCUT2D eigenvalue weighted by Crippen LogP contribution is -2.36. The monoisotopic (exact) mass is 312 g/mol. The summed E-state index contributed by atoms with van der Waals surface area (Å²) in [6.45, 7) is 11.6. The number of ether oxygens (including phenoxy) is 3. The van der Waals surface area contributed by atoms with Gasteiger partial charge in [0.1, 0.15) is 12.2 Å². The Kier molecular flexibility index (Phi) is 6.91. The second-order valence-corrected chi connectivity index (χ2v) is 6.51. The second-order valence-electron chi connectivity index (χ2n) is 6.51. The Hall–Kier alpha value is -1.52. The van der Waals surface area contributed by atoms with E-state index in [1.54, 1.807) is 6.92 Å². The quantitative estimate of drug-likeness (QED) is 0.572. The first-order valence-corrected chi connectivity index (χ1v) is 7.90. The molecule has 1 fully saturated rings. The third-order valence-corrected chi connectivity index (χ3v) is 4.42. The molecule has 0 amide bonds. The topological polar surface area (TPSA) is 61.8 Å². The average Bonchev–Trinajstić information content (AvgIpc) is 2.44. The van der Waals surface area contributed by atoms with Crippen LogP contribution in [-0.2, 0) is 19.0 Å². The summed E-state index contributed by atoms with van der Waals surface area (Å²) >= 11 is 0. The molecule has 22 heavy (non-hydrogen) atoms. The summed E-state index contributed by atoms with van der Waals surface area (Å²) in [7, 11) is 1.26. The normalized spacial score (nSPS) is 26.2. The summed E-state index contributed by atoms with van der Waals surface area (Å²) in [5.41, 5.74) is 0.0943. The molecule has 1 unspecified atom stereocenters. The van der Waals surface area contributed by atoms with Crippen molar-refractivity contribution in [1.82, 2.24) is 0 Å². The molecule has 5 nitrogen and oxygen atoms in total. The van der Waals surface area contributed by atoms with Gasteiger partial charge in [0.25, 0.3) is 0 Å². The summed E-state index contributed by atoms with van der Waals surface area (Å²) in [6.07, 6.45) is 1.43. The van der Waals surface area contributed by atoms with Crippen LogP contribution in [0.5, 0.6) is 0 Å². The van der Waals surface area contributed by atoms with Gasteiger partial charge in [0.2, 0.25) is 0 Å². The van der Waals surface area contributed by atoms with Crippen LogP contribution in [0.25, 0.3) is 0 Å². The maximum Gasteiger partial charge on any atom is 0.509 e. The molecule has 4 atom stereocenters. The third-order valence-electron chi connectivity index (χ3n) is 4.42. The maximum atomic E-state index is 12.0. The lowest BCUT2D eigenvalue weighted by Gasteiger charge is -2.36. The van der Waals surface area contributed by atoms with Crippen LogP contribution in [0.1, 0.15) is 47.0 Å². The molecule has 0 N–H and O–H groups in total. The Balaban J connectivity index is 2.58. The van der Waals surface area contributed by atoms with Gasteiger partial charge in [-0.25, -0.2) is 9.59 Å². The first kappa shape index (κ1) is 18.5. The van der Waals surface area contributed by atoms with E-state index in [0.29, 0.717) is 17.8 Å². The van der Waals surface area contributed by atoms with Crippen LogP contribution in [0.3, 0.4) is 0 Å². The van der Waals surface area contributed by atoms with Crippen molar-refractivity contribution in [2.45, 2.75) is 59.2 Å². The van der Waals surface area contributed by atoms with Gasteiger partial charge in [0.15, 0.2) is 0 Å². The van der Waals surface area contributed by atoms with Gasteiger partial charge in [-0.15, -0.1) is 0 Å². The summed E-state index contributed by atoms with van der Waals surface area (Å²) < 4.78 is 15.2. The maximum absolute atomic E-state index is 12.0. The summed E-state index contributed by atoms with van der Waals surface area (Å²) in [6, 6.07) is 0. The standard InChI is InChI=1S/C17H28O5/c1-10(2)14-8-7-11(3)9-15(14)22-17(19)21-13(5)12(4)16(18)20-6/h10-11,13-15H,4,7-9H2,1-3,5-6H3/t11-,13?,14+,15-/m1/s1. The van der Waals surface area contributed by atoms with E-state index in [4.69, 9.17) is 9.47 Å². The van der Waals surface area contributed by atoms with E-state index in [0.717, 1.165) is 19.3 Å². The van der Waals surface area contributed by atoms with Crippen molar-refractivity contribution in [3.8, 4) is 0 Å². The minimum absolute atomic E-state index is 0.0943. The third kappa shape index (κ3) is 5.04. The Morgan fingerprint density at radius 3 is 2.36 bits per heavy atom. The number of rotatable bonds is 5. The summed E-state index contributed by atoms with van der Waals surface area (Å²) in [5, 5.41) is 0. The fourth-order valence-electron chi connectivity index (χ4n) is 2.91. The van der Waals surface area contributed by atoms with E-state index < -0.39 is 18.2 Å². The molecule has 0 spiro atoms. The van der Waals surface area contributed by atoms with Crippen molar-refractivity contribution in [2.75, 3.05) is 7.11 Å². The SMILES string of the molecule is C=C(C(=O)OC)C(C)OC(=O)O[C@@H]1C[C@H](C)CC[C@H]1C(C)C. The second kappa shape index (κ2) is 8.20. The van der Waals surface area contributed by atoms with Gasteiger partial charge < -0.3 is 14.2 Å². The van der Waals surface area contributed by atoms with Crippen LogP contribution in [0.15, 0.2) is 12.2 Å². The number of carbonyl (C=O) groups is 2. The van der Waals surface area contributed by atoms with Crippen molar-refractivity contribution >= 4 is 12.1 Å². The summed E-state index contributed by atoms with van der Waals surface area (Å²) in [4.78, 5) is 23.3. The van der Waals surface area contributed by atoms with Crippen molar-refractivity contribution in [3.63, 3.8) is 0 Å². The molecular formula is C17H28O5. The van der Waals surface area contributed by atoms with E-state index in [-0.39, 0.29) is 11.7 Å². The minimum atomic E-state index is -0.765. The van der Waals surface area contributed by atoms with Crippen LogP contribution in [0, 0.1) is 17.8 Å². The summed E-state index contributed by atoms with van der Waals surface area (Å²) in [5.74, 6) is 0.748. The van der Waals surface area contributed by atoms with Gasteiger partial charge in [-0.3, -0.25) is 0 Å². The molecule has 0 saturated heterocycles. The molecule has 1 aliphatic rings. The van der Waals surface area contributed by atoms with Gasteiger partial charge in [-0.2, -0.15) is 0 Å². The molecule has 1 aliphatic carbocycles. The van der Waals surface area contributed by atoms with Crippen molar-refractivity contribution in [1.29, 1.82) is 0 Å². The molecule has 0 aromatic heterocycles. The Labute approximate surface area is 133 Å². The predicted molar refractivity (Wildman–Crippen MR) is 83.3 cm³/mol. The van der Waals surface area contributed by atoms with Gasteiger partial charge >= 0.3 is 12.1 Å². The average molecular weight is 312 g/mol. The van der Waals surface area contributed by atoms with Gasteiger partial charge in [0, 0.05) is 0 Å². The highest BCUT2D eigenvalue weighted by molar-refractivity contribution is 5.89. The zero-order valence-corrected chi connectivity index (χ0v) is 14.3. The van der Waals surface area contributed by atoms with Crippen molar-refractivity contribution in [2.24, 2.45) is 17.8 Å². The minimum Gasteiger partial charge on any atom is -0.466 e. The van der Waals surface area contributed by atoms with Gasteiger partial charge in [-0.1, -0.05) is 33.8 Å². The molecule has 126 valence electrons. The molecule has 0 heterocycles. The molecule has 0 aromatic rings. The zero-order valence-electron chi connectivity index (χ0n) is 14.3. The molecule has 0 aromatic carbocycles. The number of hydrogen-bond acceptors (Lipinski definition) is 5. The van der Waals surface area contributed by atoms with Crippen LogP contribution >= 0.6 is 0 Å². The molecule has 1 saturated carbocycles. The van der Waals surface area contributed by atoms with Crippen LogP contribution < -0.4 is 0 Å².